The molecule has 0 radical (unpaired) electrons. The Morgan fingerprint density at radius 3 is 3.12 bits per heavy atom. The highest BCUT2D eigenvalue weighted by Crippen LogP contribution is 2.39. The molecule has 0 unspecified atom stereocenters. The van der Waals surface area contributed by atoms with E-state index in [1.54, 1.807) is 12.1 Å². The van der Waals surface area contributed by atoms with Crippen LogP contribution in [0.15, 0.2) is 22.7 Å². The minimum atomic E-state index is -0.406. The average Bonchev–Trinajstić information content (AvgIpc) is 2.72. The van der Waals surface area contributed by atoms with Gasteiger partial charge < -0.3 is 14.4 Å². The summed E-state index contributed by atoms with van der Waals surface area (Å²) >= 11 is 0. The first-order valence-corrected chi connectivity index (χ1v) is 4.81. The number of nitrogens with zero attached hydrogens (tertiary/aromatic N) is 1. The number of ether oxygens (including phenoxy) is 1. The van der Waals surface area contributed by atoms with Crippen LogP contribution in [0.4, 0.5) is 4.39 Å². The zero-order chi connectivity index (χ0) is 11.1. The molecule has 0 fully saturated rings. The van der Waals surface area contributed by atoms with Crippen molar-refractivity contribution < 1.29 is 18.8 Å². The van der Waals surface area contributed by atoms with Gasteiger partial charge in [0.1, 0.15) is 30.5 Å². The van der Waals surface area contributed by atoms with Crippen molar-refractivity contribution in [3.63, 3.8) is 0 Å². The molecule has 16 heavy (non-hydrogen) atoms. The summed E-state index contributed by atoms with van der Waals surface area (Å²) in [6, 6.07) is 4.59. The zero-order valence-corrected chi connectivity index (χ0v) is 8.24. The molecule has 2 aromatic rings. The maximum absolute atomic E-state index is 13.6. The second kappa shape index (κ2) is 3.31. The van der Waals surface area contributed by atoms with E-state index in [1.165, 1.54) is 6.07 Å². The van der Waals surface area contributed by atoms with Crippen molar-refractivity contribution >= 4 is 0 Å². The fourth-order valence-corrected chi connectivity index (χ4v) is 1.82. The van der Waals surface area contributed by atoms with Crippen LogP contribution in [0.25, 0.3) is 11.3 Å². The molecule has 82 valence electrons. The molecule has 1 aromatic carbocycles. The maximum atomic E-state index is 13.6. The molecule has 1 N–H and O–H groups in total. The van der Waals surface area contributed by atoms with E-state index in [1.807, 2.05) is 0 Å². The summed E-state index contributed by atoms with van der Waals surface area (Å²) in [6.45, 7) is -0.0271. The van der Waals surface area contributed by atoms with Crippen LogP contribution >= 0.6 is 0 Å². The Morgan fingerprint density at radius 1 is 1.44 bits per heavy atom. The summed E-state index contributed by atoms with van der Waals surface area (Å²) < 4.78 is 24.0. The predicted octanol–water partition coefficient (Wildman–Crippen LogP) is 1.87. The lowest BCUT2D eigenvalue weighted by atomic mass is 10.0. The van der Waals surface area contributed by atoms with Crippen LogP contribution in [0.5, 0.6) is 5.75 Å². The van der Waals surface area contributed by atoms with Gasteiger partial charge in [0, 0.05) is 0 Å². The average molecular weight is 221 g/mol. The van der Waals surface area contributed by atoms with Crippen LogP contribution in [-0.2, 0) is 13.2 Å². The van der Waals surface area contributed by atoms with Gasteiger partial charge in [-0.15, -0.1) is 0 Å². The second-order valence-corrected chi connectivity index (χ2v) is 3.49. The standard InChI is InChI=1S/C11H8FNO3/c12-7-2-1-3-8-10(7)11-6(5-15-8)9(4-14)16-13-11/h1-3,14H,4-5H2. The molecular formula is C11H8FNO3. The van der Waals surface area contributed by atoms with Crippen molar-refractivity contribution in [2.75, 3.05) is 0 Å². The number of hydrogen-bond acceptors (Lipinski definition) is 4. The number of aliphatic hydroxyl groups is 1. The smallest absolute Gasteiger partial charge is 0.169 e. The lowest BCUT2D eigenvalue weighted by Crippen LogP contribution is -2.07. The van der Waals surface area contributed by atoms with Gasteiger partial charge in [0.2, 0.25) is 0 Å². The third-order valence-electron chi connectivity index (χ3n) is 2.60. The van der Waals surface area contributed by atoms with Gasteiger partial charge in [-0.1, -0.05) is 11.2 Å². The number of hydrogen-bond donors (Lipinski definition) is 1. The number of benzene rings is 1. The molecular weight excluding hydrogens is 213 g/mol. The summed E-state index contributed by atoms with van der Waals surface area (Å²) in [4.78, 5) is 0. The van der Waals surface area contributed by atoms with E-state index in [2.05, 4.69) is 5.16 Å². The maximum Gasteiger partial charge on any atom is 0.169 e. The van der Waals surface area contributed by atoms with Crippen molar-refractivity contribution in [2.24, 2.45) is 0 Å². The first-order chi connectivity index (χ1) is 7.81. The van der Waals surface area contributed by atoms with Crippen molar-refractivity contribution in [1.29, 1.82) is 0 Å². The topological polar surface area (TPSA) is 55.5 Å². The Hall–Kier alpha value is -1.88. The number of aliphatic hydroxyl groups excluding tert-OH is 1. The molecule has 0 spiro atoms. The largest absolute Gasteiger partial charge is 0.488 e. The first kappa shape index (κ1) is 9.35. The lowest BCUT2D eigenvalue weighted by molar-refractivity contribution is 0.222. The summed E-state index contributed by atoms with van der Waals surface area (Å²) in [7, 11) is 0. The van der Waals surface area contributed by atoms with Gasteiger partial charge >= 0.3 is 0 Å². The van der Waals surface area contributed by atoms with Gasteiger partial charge in [-0.25, -0.2) is 4.39 Å². The van der Waals surface area contributed by atoms with Crippen molar-refractivity contribution in [3.8, 4) is 17.0 Å². The normalized spacial score (nSPS) is 12.9. The summed E-state index contributed by atoms with van der Waals surface area (Å²) in [6.07, 6.45) is 0. The Morgan fingerprint density at radius 2 is 2.31 bits per heavy atom. The quantitative estimate of drug-likeness (QED) is 0.798. The molecule has 5 heteroatoms. The number of halogens is 1. The van der Waals surface area contributed by atoms with E-state index in [-0.39, 0.29) is 13.2 Å². The van der Waals surface area contributed by atoms with E-state index in [0.717, 1.165) is 0 Å². The molecule has 1 aromatic heterocycles. The molecule has 0 saturated heterocycles. The van der Waals surface area contributed by atoms with Crippen LogP contribution in [0, 0.1) is 5.82 Å². The van der Waals surface area contributed by atoms with Gasteiger partial charge in [-0.05, 0) is 12.1 Å². The molecule has 1 aliphatic rings. The molecule has 0 amide bonds. The highest BCUT2D eigenvalue weighted by molar-refractivity contribution is 5.72. The van der Waals surface area contributed by atoms with Crippen LogP contribution in [0.1, 0.15) is 11.3 Å². The van der Waals surface area contributed by atoms with Gasteiger partial charge in [0.15, 0.2) is 5.76 Å². The highest BCUT2D eigenvalue weighted by Gasteiger charge is 2.27. The van der Waals surface area contributed by atoms with Gasteiger partial charge in [0.25, 0.3) is 0 Å². The second-order valence-electron chi connectivity index (χ2n) is 3.49. The number of fused-ring (bicyclic) bond motifs is 3. The first-order valence-electron chi connectivity index (χ1n) is 4.81. The number of rotatable bonds is 1. The summed E-state index contributed by atoms with van der Waals surface area (Å²) in [5.41, 5.74) is 1.33. The van der Waals surface area contributed by atoms with Gasteiger partial charge in [-0.2, -0.15) is 0 Å². The third kappa shape index (κ3) is 1.15. The van der Waals surface area contributed by atoms with E-state index in [0.29, 0.717) is 28.3 Å². The number of aromatic nitrogens is 1. The Labute approximate surface area is 90.3 Å². The molecule has 0 bridgehead atoms. The fourth-order valence-electron chi connectivity index (χ4n) is 1.82. The minimum absolute atomic E-state index is 0.241. The van der Waals surface area contributed by atoms with Crippen molar-refractivity contribution in [3.05, 3.63) is 35.3 Å². The van der Waals surface area contributed by atoms with E-state index < -0.39 is 5.82 Å². The van der Waals surface area contributed by atoms with E-state index in [9.17, 15) is 4.39 Å². The van der Waals surface area contributed by atoms with Crippen LogP contribution in [0.3, 0.4) is 0 Å². The summed E-state index contributed by atoms with van der Waals surface area (Å²) in [5, 5.41) is 12.8. The Balaban J connectivity index is 2.26. The molecule has 0 aliphatic carbocycles. The molecule has 2 heterocycles. The van der Waals surface area contributed by atoms with Crippen molar-refractivity contribution in [1.82, 2.24) is 5.16 Å². The SMILES string of the molecule is OCc1onc2c1COc1cccc(F)c1-2. The lowest BCUT2D eigenvalue weighted by Gasteiger charge is -2.16. The van der Waals surface area contributed by atoms with Gasteiger partial charge in [-0.3, -0.25) is 0 Å². The summed E-state index contributed by atoms with van der Waals surface area (Å²) in [5.74, 6) is 0.366. The predicted molar refractivity (Wildman–Crippen MR) is 52.2 cm³/mol. The molecule has 0 saturated carbocycles. The molecule has 0 atom stereocenters. The minimum Gasteiger partial charge on any atom is -0.488 e. The highest BCUT2D eigenvalue weighted by atomic mass is 19.1. The third-order valence-corrected chi connectivity index (χ3v) is 2.60. The van der Waals surface area contributed by atoms with Crippen LogP contribution in [0.2, 0.25) is 0 Å². The van der Waals surface area contributed by atoms with E-state index in [4.69, 9.17) is 14.4 Å². The van der Waals surface area contributed by atoms with Crippen LogP contribution < -0.4 is 4.74 Å². The van der Waals surface area contributed by atoms with E-state index >= 15 is 0 Å². The monoisotopic (exact) mass is 221 g/mol. The Kier molecular flexibility index (Phi) is 1.94. The molecule has 4 nitrogen and oxygen atoms in total. The molecule has 3 rings (SSSR count). The Bertz CT molecular complexity index is 550. The van der Waals surface area contributed by atoms with Gasteiger partial charge in [0.05, 0.1) is 11.1 Å². The fraction of sp³-hybridized carbons (Fsp3) is 0.182. The van der Waals surface area contributed by atoms with Crippen LogP contribution in [-0.4, -0.2) is 10.3 Å². The van der Waals surface area contributed by atoms with Crippen molar-refractivity contribution in [2.45, 2.75) is 13.2 Å². The molecule has 1 aliphatic heterocycles. The zero-order valence-electron chi connectivity index (χ0n) is 8.24.